The second kappa shape index (κ2) is 7.82. The van der Waals surface area contributed by atoms with E-state index in [-0.39, 0.29) is 17.5 Å². The van der Waals surface area contributed by atoms with E-state index in [4.69, 9.17) is 4.74 Å². The average molecular weight is 371 g/mol. The van der Waals surface area contributed by atoms with Gasteiger partial charge in [0.2, 0.25) is 5.91 Å². The van der Waals surface area contributed by atoms with Crippen molar-refractivity contribution >= 4 is 11.9 Å². The molecule has 0 atom stereocenters. The van der Waals surface area contributed by atoms with Crippen molar-refractivity contribution in [2.45, 2.75) is 39.2 Å². The number of carboxylic acid groups (broad SMARTS) is 1. The number of nitrogens with zero attached hydrogens (tertiary/aromatic N) is 3. The van der Waals surface area contributed by atoms with E-state index >= 15 is 0 Å². The maximum atomic E-state index is 12.7. The van der Waals surface area contributed by atoms with E-state index in [2.05, 4.69) is 5.10 Å². The Balaban J connectivity index is 1.63. The predicted octanol–water partition coefficient (Wildman–Crippen LogP) is 2.61. The second-order valence-corrected chi connectivity index (χ2v) is 7.00. The van der Waals surface area contributed by atoms with Crippen LogP contribution in [0.4, 0.5) is 0 Å². The fourth-order valence-electron chi connectivity index (χ4n) is 3.68. The highest BCUT2D eigenvalue weighted by Crippen LogP contribution is 2.26. The number of hydrogen-bond donors (Lipinski definition) is 1. The summed E-state index contributed by atoms with van der Waals surface area (Å²) in [6, 6.07) is 5.97. The molecule has 3 rings (SSSR count). The number of rotatable bonds is 5. The van der Waals surface area contributed by atoms with Crippen molar-refractivity contribution in [1.29, 1.82) is 0 Å². The van der Waals surface area contributed by atoms with Gasteiger partial charge < -0.3 is 14.7 Å². The van der Waals surface area contributed by atoms with Gasteiger partial charge in [-0.25, -0.2) is 4.79 Å². The van der Waals surface area contributed by atoms with Crippen molar-refractivity contribution in [3.8, 4) is 5.75 Å². The van der Waals surface area contributed by atoms with E-state index in [1.807, 2.05) is 30.0 Å². The number of aromatic carboxylic acids is 1. The van der Waals surface area contributed by atoms with Crippen LogP contribution in [0.25, 0.3) is 0 Å². The van der Waals surface area contributed by atoms with E-state index in [1.54, 1.807) is 18.7 Å². The first kappa shape index (κ1) is 18.9. The molecule has 0 saturated carbocycles. The monoisotopic (exact) mass is 371 g/mol. The van der Waals surface area contributed by atoms with Crippen molar-refractivity contribution in [2.24, 2.45) is 0 Å². The number of benzene rings is 1. The van der Waals surface area contributed by atoms with Gasteiger partial charge in [-0.3, -0.25) is 9.48 Å². The highest BCUT2D eigenvalue weighted by atomic mass is 16.5. The topological polar surface area (TPSA) is 84.7 Å². The first-order valence-electron chi connectivity index (χ1n) is 9.09. The summed E-state index contributed by atoms with van der Waals surface area (Å²) in [6.07, 6.45) is 3.25. The maximum absolute atomic E-state index is 12.7. The van der Waals surface area contributed by atoms with Crippen molar-refractivity contribution < 1.29 is 19.4 Å². The Morgan fingerprint density at radius 2 is 1.96 bits per heavy atom. The molecule has 0 aliphatic carbocycles. The molecular formula is C20H25N3O4. The molecule has 1 aromatic heterocycles. The molecule has 0 bridgehead atoms. The van der Waals surface area contributed by atoms with E-state index in [0.29, 0.717) is 25.2 Å². The van der Waals surface area contributed by atoms with Crippen LogP contribution in [0.2, 0.25) is 0 Å². The van der Waals surface area contributed by atoms with Crippen LogP contribution in [-0.4, -0.2) is 51.9 Å². The molecule has 2 heterocycles. The molecule has 1 aromatic carbocycles. The largest absolute Gasteiger partial charge is 0.496 e. The van der Waals surface area contributed by atoms with Gasteiger partial charge in [-0.2, -0.15) is 5.10 Å². The summed E-state index contributed by atoms with van der Waals surface area (Å²) in [4.78, 5) is 25.8. The first-order chi connectivity index (χ1) is 12.9. The van der Waals surface area contributed by atoms with Crippen LogP contribution in [0.15, 0.2) is 24.4 Å². The lowest BCUT2D eigenvalue weighted by molar-refractivity contribution is -0.131. The smallest absolute Gasteiger partial charge is 0.339 e. The number of aromatic nitrogens is 2. The van der Waals surface area contributed by atoms with Gasteiger partial charge >= 0.3 is 5.97 Å². The average Bonchev–Trinajstić information content (AvgIpc) is 3.03. The Hall–Kier alpha value is -2.83. The summed E-state index contributed by atoms with van der Waals surface area (Å²) in [7, 11) is 1.61. The van der Waals surface area contributed by atoms with Crippen LogP contribution in [0.5, 0.6) is 5.75 Å². The highest BCUT2D eigenvalue weighted by molar-refractivity contribution is 5.88. The number of piperidine rings is 1. The van der Waals surface area contributed by atoms with Crippen LogP contribution in [0, 0.1) is 13.8 Å². The van der Waals surface area contributed by atoms with Crippen molar-refractivity contribution in [3.05, 3.63) is 46.8 Å². The lowest BCUT2D eigenvalue weighted by atomic mass is 10.0. The van der Waals surface area contributed by atoms with Gasteiger partial charge in [0.15, 0.2) is 0 Å². The summed E-state index contributed by atoms with van der Waals surface area (Å²) in [6.45, 7) is 5.05. The highest BCUT2D eigenvalue weighted by Gasteiger charge is 2.27. The van der Waals surface area contributed by atoms with E-state index < -0.39 is 5.97 Å². The number of likely N-dealkylation sites (tertiary alicyclic amines) is 1. The van der Waals surface area contributed by atoms with Crippen molar-refractivity contribution in [2.75, 3.05) is 20.2 Å². The Kier molecular flexibility index (Phi) is 5.48. The van der Waals surface area contributed by atoms with Gasteiger partial charge in [0.1, 0.15) is 11.3 Å². The third-order valence-corrected chi connectivity index (χ3v) is 5.22. The minimum absolute atomic E-state index is 0.0840. The molecule has 1 saturated heterocycles. The quantitative estimate of drug-likeness (QED) is 0.873. The Labute approximate surface area is 158 Å². The molecule has 27 heavy (non-hydrogen) atoms. The molecule has 2 aromatic rings. The van der Waals surface area contributed by atoms with Crippen molar-refractivity contribution in [1.82, 2.24) is 14.7 Å². The van der Waals surface area contributed by atoms with Gasteiger partial charge in [-0.1, -0.05) is 17.7 Å². The molecule has 1 N–H and O–H groups in total. The SMILES string of the molecule is COc1ccc(C)cc1CC(=O)N1CCC(n2ncc(C(=O)O)c2C)CC1. The number of hydrogen-bond acceptors (Lipinski definition) is 4. The zero-order chi connectivity index (χ0) is 19.6. The Morgan fingerprint density at radius 1 is 1.26 bits per heavy atom. The predicted molar refractivity (Wildman–Crippen MR) is 100 cm³/mol. The number of aryl methyl sites for hydroxylation is 1. The number of ether oxygens (including phenoxy) is 1. The molecule has 7 nitrogen and oxygen atoms in total. The number of carboxylic acids is 1. The summed E-state index contributed by atoms with van der Waals surface area (Å²) in [5.41, 5.74) is 2.90. The zero-order valence-corrected chi connectivity index (χ0v) is 15.9. The zero-order valence-electron chi connectivity index (χ0n) is 15.9. The van der Waals surface area contributed by atoms with Gasteiger partial charge in [0.05, 0.1) is 31.5 Å². The fourth-order valence-corrected chi connectivity index (χ4v) is 3.68. The Bertz CT molecular complexity index is 851. The fraction of sp³-hybridized carbons (Fsp3) is 0.450. The number of carbonyl (C=O) groups is 2. The van der Waals surface area contributed by atoms with Gasteiger partial charge in [0.25, 0.3) is 0 Å². The van der Waals surface area contributed by atoms with E-state index in [0.717, 1.165) is 29.7 Å². The van der Waals surface area contributed by atoms with E-state index in [1.165, 1.54) is 6.20 Å². The molecule has 7 heteroatoms. The maximum Gasteiger partial charge on any atom is 0.339 e. The molecular weight excluding hydrogens is 346 g/mol. The second-order valence-electron chi connectivity index (χ2n) is 7.00. The lowest BCUT2D eigenvalue weighted by Gasteiger charge is -2.33. The molecule has 1 aliphatic heterocycles. The number of carbonyl (C=O) groups excluding carboxylic acids is 1. The minimum Gasteiger partial charge on any atom is -0.496 e. The third kappa shape index (κ3) is 3.97. The molecule has 1 aliphatic rings. The van der Waals surface area contributed by atoms with Crippen LogP contribution in [0.3, 0.4) is 0 Å². The van der Waals surface area contributed by atoms with Crippen LogP contribution in [0.1, 0.15) is 46.1 Å². The van der Waals surface area contributed by atoms with Gasteiger partial charge in [-0.05, 0) is 32.8 Å². The Morgan fingerprint density at radius 3 is 2.56 bits per heavy atom. The molecule has 1 fully saturated rings. The van der Waals surface area contributed by atoms with Crippen molar-refractivity contribution in [3.63, 3.8) is 0 Å². The van der Waals surface area contributed by atoms with Crippen LogP contribution in [-0.2, 0) is 11.2 Å². The number of methoxy groups -OCH3 is 1. The summed E-state index contributed by atoms with van der Waals surface area (Å²) >= 11 is 0. The normalized spacial score (nSPS) is 15.0. The van der Waals surface area contributed by atoms with Crippen LogP contribution >= 0.6 is 0 Å². The van der Waals surface area contributed by atoms with Gasteiger partial charge in [-0.15, -0.1) is 0 Å². The summed E-state index contributed by atoms with van der Waals surface area (Å²) < 4.78 is 7.15. The molecule has 1 amide bonds. The molecule has 0 spiro atoms. The molecule has 0 radical (unpaired) electrons. The summed E-state index contributed by atoms with van der Waals surface area (Å²) in [5.74, 6) is -0.142. The minimum atomic E-state index is -0.960. The summed E-state index contributed by atoms with van der Waals surface area (Å²) in [5, 5.41) is 13.4. The molecule has 144 valence electrons. The molecule has 0 unspecified atom stereocenters. The van der Waals surface area contributed by atoms with Gasteiger partial charge in [0, 0.05) is 18.7 Å². The van der Waals surface area contributed by atoms with Crippen LogP contribution < -0.4 is 4.74 Å². The first-order valence-corrected chi connectivity index (χ1v) is 9.09. The lowest BCUT2D eigenvalue weighted by Crippen LogP contribution is -2.40. The third-order valence-electron chi connectivity index (χ3n) is 5.22. The standard InChI is InChI=1S/C20H25N3O4/c1-13-4-5-18(27-3)15(10-13)11-19(24)22-8-6-16(7-9-22)23-14(2)17(12-21-23)20(25)26/h4-5,10,12,16H,6-9,11H2,1-3H3,(H,25,26). The van der Waals surface area contributed by atoms with E-state index in [9.17, 15) is 14.7 Å². The number of amides is 1.